The summed E-state index contributed by atoms with van der Waals surface area (Å²) in [5, 5.41) is 12.7. The molecular weight excluding hydrogens is 344 g/mol. The molecule has 132 valence electrons. The number of carbonyl (C=O) groups excluding carboxylic acids is 2. The number of hydrogen-bond donors (Lipinski definition) is 1. The molecule has 1 aliphatic heterocycles. The number of allylic oxidation sites excluding steroid dienone is 1. The third-order valence-electron chi connectivity index (χ3n) is 3.73. The van der Waals surface area contributed by atoms with Gasteiger partial charge in [-0.25, -0.2) is 0 Å². The highest BCUT2D eigenvalue weighted by atomic mass is 32.2. The Labute approximate surface area is 149 Å². The van der Waals surface area contributed by atoms with Gasteiger partial charge in [0.05, 0.1) is 43.8 Å². The quantitative estimate of drug-likeness (QED) is 0.772. The topological polar surface area (TPSA) is 97.7 Å². The van der Waals surface area contributed by atoms with Gasteiger partial charge in [-0.05, 0) is 18.2 Å². The van der Waals surface area contributed by atoms with E-state index in [9.17, 15) is 14.9 Å². The highest BCUT2D eigenvalue weighted by Gasteiger charge is 2.32. The van der Waals surface area contributed by atoms with E-state index in [4.69, 9.17) is 9.47 Å². The van der Waals surface area contributed by atoms with Crippen LogP contribution in [0, 0.1) is 11.3 Å². The molecule has 0 saturated heterocycles. The van der Waals surface area contributed by atoms with E-state index >= 15 is 0 Å². The molecule has 1 aliphatic rings. The number of thioether (sulfide) groups is 1. The maximum atomic E-state index is 12.1. The van der Waals surface area contributed by atoms with Crippen LogP contribution < -0.4 is 14.8 Å². The van der Waals surface area contributed by atoms with Crippen LogP contribution in [-0.2, 0) is 14.3 Å². The Bertz CT molecular complexity index is 754. The normalized spacial score (nSPS) is 16.7. The number of nitrogens with one attached hydrogen (secondary N) is 1. The highest BCUT2D eigenvalue weighted by Crippen LogP contribution is 2.41. The standard InChI is InChI=1S/C17H18N2O5S/c1-22-10-4-5-14(23-2)12(6-10)11-7-15(20)19-17(13(11)8-18)25-9-16(21)24-3/h4-6,11H,7,9H2,1-3H3,(H,19,20)/t11-/m1/s1. The Kier molecular flexibility index (Phi) is 6.31. The lowest BCUT2D eigenvalue weighted by Crippen LogP contribution is -2.31. The lowest BCUT2D eigenvalue weighted by atomic mass is 9.86. The van der Waals surface area contributed by atoms with Gasteiger partial charge in [0.25, 0.3) is 0 Å². The molecular formula is C17H18N2O5S. The molecule has 0 unspecified atom stereocenters. The van der Waals surface area contributed by atoms with Crippen molar-refractivity contribution in [2.75, 3.05) is 27.1 Å². The Morgan fingerprint density at radius 3 is 2.72 bits per heavy atom. The molecule has 0 fully saturated rings. The summed E-state index contributed by atoms with van der Waals surface area (Å²) in [6.45, 7) is 0. The maximum absolute atomic E-state index is 12.1. The average Bonchev–Trinajstić information content (AvgIpc) is 2.64. The van der Waals surface area contributed by atoms with Crippen molar-refractivity contribution < 1.29 is 23.8 Å². The summed E-state index contributed by atoms with van der Waals surface area (Å²) in [7, 11) is 4.35. The molecule has 0 saturated carbocycles. The van der Waals surface area contributed by atoms with Crippen LogP contribution in [0.2, 0.25) is 0 Å². The number of rotatable bonds is 6. The second-order valence-electron chi connectivity index (χ2n) is 5.13. The molecule has 0 radical (unpaired) electrons. The van der Waals surface area contributed by atoms with Gasteiger partial charge in [-0.2, -0.15) is 5.26 Å². The van der Waals surface area contributed by atoms with E-state index in [-0.39, 0.29) is 18.1 Å². The predicted molar refractivity (Wildman–Crippen MR) is 92.2 cm³/mol. The molecule has 8 heteroatoms. The first-order chi connectivity index (χ1) is 12.0. The van der Waals surface area contributed by atoms with Crippen molar-refractivity contribution in [3.05, 3.63) is 34.4 Å². The molecule has 2 rings (SSSR count). The van der Waals surface area contributed by atoms with Crippen LogP contribution in [0.4, 0.5) is 0 Å². The van der Waals surface area contributed by atoms with E-state index in [2.05, 4.69) is 16.1 Å². The Morgan fingerprint density at radius 1 is 1.36 bits per heavy atom. The molecule has 1 aromatic rings. The minimum absolute atomic E-state index is 0.000735. The minimum Gasteiger partial charge on any atom is -0.497 e. The highest BCUT2D eigenvalue weighted by molar-refractivity contribution is 8.03. The summed E-state index contributed by atoms with van der Waals surface area (Å²) in [6, 6.07) is 7.38. The number of esters is 1. The first-order valence-electron chi connectivity index (χ1n) is 7.39. The first-order valence-corrected chi connectivity index (χ1v) is 8.38. The van der Waals surface area contributed by atoms with E-state index in [1.165, 1.54) is 21.3 Å². The molecule has 1 amide bonds. The predicted octanol–water partition coefficient (Wildman–Crippen LogP) is 1.95. The number of ether oxygens (including phenoxy) is 3. The fraction of sp³-hybridized carbons (Fsp3) is 0.353. The number of carbonyl (C=O) groups is 2. The molecule has 1 N–H and O–H groups in total. The van der Waals surface area contributed by atoms with Crippen molar-refractivity contribution in [1.29, 1.82) is 5.26 Å². The average molecular weight is 362 g/mol. The van der Waals surface area contributed by atoms with Gasteiger partial charge >= 0.3 is 5.97 Å². The lowest BCUT2D eigenvalue weighted by Gasteiger charge is -2.26. The van der Waals surface area contributed by atoms with Crippen molar-refractivity contribution in [3.8, 4) is 17.6 Å². The minimum atomic E-state index is -0.482. The Morgan fingerprint density at radius 2 is 2.12 bits per heavy atom. The van der Waals surface area contributed by atoms with Crippen molar-refractivity contribution in [1.82, 2.24) is 5.32 Å². The summed E-state index contributed by atoms with van der Waals surface area (Å²) in [5.41, 5.74) is 1.06. The molecule has 0 aliphatic carbocycles. The van der Waals surface area contributed by atoms with E-state index in [0.29, 0.717) is 27.7 Å². The molecule has 0 spiro atoms. The summed E-state index contributed by atoms with van der Waals surface area (Å²) < 4.78 is 15.2. The van der Waals surface area contributed by atoms with Gasteiger partial charge in [0, 0.05) is 17.9 Å². The number of hydrogen-bond acceptors (Lipinski definition) is 7. The zero-order valence-electron chi connectivity index (χ0n) is 14.1. The summed E-state index contributed by atoms with van der Waals surface area (Å²) in [5.74, 6) is 0.00270. The van der Waals surface area contributed by atoms with Crippen LogP contribution in [-0.4, -0.2) is 39.0 Å². The number of nitrogens with zero attached hydrogens (tertiary/aromatic N) is 1. The molecule has 1 aromatic carbocycles. The van der Waals surface area contributed by atoms with Gasteiger partial charge in [0.15, 0.2) is 0 Å². The molecule has 25 heavy (non-hydrogen) atoms. The SMILES string of the molecule is COC(=O)CSC1=C(C#N)[C@@H](c2cc(OC)ccc2OC)CC(=O)N1. The van der Waals surface area contributed by atoms with E-state index in [1.807, 2.05) is 0 Å². The number of benzene rings is 1. The lowest BCUT2D eigenvalue weighted by molar-refractivity contribution is -0.137. The Hall–Kier alpha value is -2.66. The molecule has 0 bridgehead atoms. The van der Waals surface area contributed by atoms with E-state index in [0.717, 1.165) is 11.8 Å². The third-order valence-corrected chi connectivity index (χ3v) is 4.72. The zero-order chi connectivity index (χ0) is 18.4. The maximum Gasteiger partial charge on any atom is 0.316 e. The van der Waals surface area contributed by atoms with Gasteiger partial charge < -0.3 is 19.5 Å². The smallest absolute Gasteiger partial charge is 0.316 e. The van der Waals surface area contributed by atoms with Gasteiger partial charge in [-0.1, -0.05) is 11.8 Å². The van der Waals surface area contributed by atoms with E-state index in [1.54, 1.807) is 18.2 Å². The van der Waals surface area contributed by atoms with Crippen molar-refractivity contribution in [2.24, 2.45) is 0 Å². The Balaban J connectivity index is 2.46. The second-order valence-corrected chi connectivity index (χ2v) is 6.12. The van der Waals surface area contributed by atoms with Crippen LogP contribution in [0.5, 0.6) is 11.5 Å². The summed E-state index contributed by atoms with van der Waals surface area (Å²) in [4.78, 5) is 23.5. The van der Waals surface area contributed by atoms with E-state index < -0.39 is 11.9 Å². The second kappa shape index (κ2) is 8.44. The van der Waals surface area contributed by atoms with Crippen LogP contribution in [0.1, 0.15) is 17.9 Å². The number of amides is 1. The largest absolute Gasteiger partial charge is 0.497 e. The van der Waals surface area contributed by atoms with Crippen molar-refractivity contribution >= 4 is 23.6 Å². The van der Waals surface area contributed by atoms with Crippen LogP contribution in [0.15, 0.2) is 28.8 Å². The molecule has 0 aromatic heterocycles. The molecule has 1 atom stereocenters. The van der Waals surface area contributed by atoms with Gasteiger partial charge in [0.2, 0.25) is 5.91 Å². The van der Waals surface area contributed by atoms with Gasteiger partial charge in [-0.15, -0.1) is 0 Å². The zero-order valence-corrected chi connectivity index (χ0v) is 14.9. The fourth-order valence-electron chi connectivity index (χ4n) is 2.50. The number of nitriles is 1. The van der Waals surface area contributed by atoms with Gasteiger partial charge in [-0.3, -0.25) is 9.59 Å². The van der Waals surface area contributed by atoms with Crippen LogP contribution in [0.3, 0.4) is 0 Å². The monoisotopic (exact) mass is 362 g/mol. The number of methoxy groups -OCH3 is 3. The molecule has 1 heterocycles. The van der Waals surface area contributed by atoms with Crippen LogP contribution in [0.25, 0.3) is 0 Å². The third kappa shape index (κ3) is 4.25. The fourth-order valence-corrected chi connectivity index (χ4v) is 3.41. The molecule has 7 nitrogen and oxygen atoms in total. The van der Waals surface area contributed by atoms with Crippen molar-refractivity contribution in [3.63, 3.8) is 0 Å². The van der Waals surface area contributed by atoms with Crippen LogP contribution >= 0.6 is 11.8 Å². The van der Waals surface area contributed by atoms with Crippen molar-refractivity contribution in [2.45, 2.75) is 12.3 Å². The first kappa shape index (κ1) is 18.7. The summed E-state index contributed by atoms with van der Waals surface area (Å²) in [6.07, 6.45) is 0.106. The van der Waals surface area contributed by atoms with Gasteiger partial charge in [0.1, 0.15) is 11.5 Å². The summed E-state index contributed by atoms with van der Waals surface area (Å²) >= 11 is 1.07.